The van der Waals surface area contributed by atoms with Gasteiger partial charge in [0.15, 0.2) is 5.82 Å². The Hall–Kier alpha value is -4.04. The van der Waals surface area contributed by atoms with E-state index in [4.69, 9.17) is 16.3 Å². The molecule has 7 nitrogen and oxygen atoms in total. The summed E-state index contributed by atoms with van der Waals surface area (Å²) in [7, 11) is 0. The number of hydrogen-bond donors (Lipinski definition) is 1. The summed E-state index contributed by atoms with van der Waals surface area (Å²) < 4.78 is 21.1. The second-order valence-electron chi connectivity index (χ2n) is 7.31. The van der Waals surface area contributed by atoms with E-state index in [2.05, 4.69) is 19.9 Å². The molecule has 4 heterocycles. The number of pyridine rings is 2. The summed E-state index contributed by atoms with van der Waals surface area (Å²) in [5.74, 6) is 0.449. The molecule has 0 saturated carbocycles. The fraction of sp³-hybridized carbons (Fsp3) is 0.0833. The van der Waals surface area contributed by atoms with Gasteiger partial charge < -0.3 is 14.6 Å². The molecule has 5 rings (SSSR count). The molecule has 3 aromatic heterocycles. The summed E-state index contributed by atoms with van der Waals surface area (Å²) in [6.07, 6.45) is 6.08. The largest absolute Gasteiger partial charge is 0.455 e. The summed E-state index contributed by atoms with van der Waals surface area (Å²) in [6.45, 7) is 1.64. The van der Waals surface area contributed by atoms with Crippen molar-refractivity contribution < 1.29 is 13.9 Å². The lowest BCUT2D eigenvalue weighted by atomic mass is 10.0. The van der Waals surface area contributed by atoms with E-state index in [0.717, 1.165) is 0 Å². The normalized spacial score (nSPS) is 13.6. The smallest absolute Gasteiger partial charge is 0.224 e. The summed E-state index contributed by atoms with van der Waals surface area (Å²) in [6, 6.07) is 12.2. The third-order valence-corrected chi connectivity index (χ3v) is 5.33. The van der Waals surface area contributed by atoms with E-state index in [1.807, 2.05) is 18.2 Å². The quantitative estimate of drug-likeness (QED) is 0.404. The van der Waals surface area contributed by atoms with Crippen molar-refractivity contribution in [2.24, 2.45) is 0 Å². The van der Waals surface area contributed by atoms with Crippen LogP contribution in [0.15, 0.2) is 72.8 Å². The van der Waals surface area contributed by atoms with Crippen LogP contribution >= 0.6 is 11.6 Å². The van der Waals surface area contributed by atoms with E-state index in [-0.39, 0.29) is 18.1 Å². The zero-order valence-electron chi connectivity index (χ0n) is 17.4. The number of nitrogens with zero attached hydrogens (tertiary/aromatic N) is 4. The van der Waals surface area contributed by atoms with Gasteiger partial charge in [-0.15, -0.1) is 0 Å². The van der Waals surface area contributed by atoms with Crippen LogP contribution in [0.1, 0.15) is 12.5 Å². The Morgan fingerprint density at radius 2 is 2.09 bits per heavy atom. The fourth-order valence-corrected chi connectivity index (χ4v) is 3.71. The second kappa shape index (κ2) is 8.48. The number of halogens is 2. The molecule has 0 unspecified atom stereocenters. The van der Waals surface area contributed by atoms with Crippen LogP contribution in [-0.2, 0) is 4.79 Å². The van der Waals surface area contributed by atoms with E-state index in [1.165, 1.54) is 24.1 Å². The molecule has 0 saturated heterocycles. The van der Waals surface area contributed by atoms with Gasteiger partial charge in [-0.1, -0.05) is 23.7 Å². The predicted molar refractivity (Wildman–Crippen MR) is 123 cm³/mol. The van der Waals surface area contributed by atoms with Crippen LogP contribution in [0, 0.1) is 0 Å². The van der Waals surface area contributed by atoms with Gasteiger partial charge in [0.1, 0.15) is 28.2 Å². The molecule has 164 valence electrons. The van der Waals surface area contributed by atoms with Gasteiger partial charge in [-0.2, -0.15) is 0 Å². The molecule has 0 spiro atoms. The predicted octanol–water partition coefficient (Wildman–Crippen LogP) is 5.52. The number of aromatic nitrogens is 4. The van der Waals surface area contributed by atoms with E-state index >= 15 is 4.39 Å². The van der Waals surface area contributed by atoms with Crippen molar-refractivity contribution in [1.82, 2.24) is 24.8 Å². The summed E-state index contributed by atoms with van der Waals surface area (Å²) >= 11 is 5.88. The molecular weight excluding hydrogens is 445 g/mol. The van der Waals surface area contributed by atoms with Gasteiger partial charge in [0.25, 0.3) is 0 Å². The van der Waals surface area contributed by atoms with Crippen LogP contribution in [0.2, 0.25) is 5.15 Å². The highest BCUT2D eigenvalue weighted by Crippen LogP contribution is 2.39. The first kappa shape index (κ1) is 20.8. The van der Waals surface area contributed by atoms with Gasteiger partial charge in [0.05, 0.1) is 22.9 Å². The Kier molecular flexibility index (Phi) is 5.35. The first-order valence-corrected chi connectivity index (χ1v) is 10.5. The van der Waals surface area contributed by atoms with Crippen molar-refractivity contribution in [1.29, 1.82) is 0 Å². The first-order valence-electron chi connectivity index (χ1n) is 10.1. The second-order valence-corrected chi connectivity index (χ2v) is 7.70. The molecule has 0 atom stereocenters. The van der Waals surface area contributed by atoms with Crippen molar-refractivity contribution >= 4 is 34.2 Å². The number of nitrogens with one attached hydrogen (secondary N) is 1. The molecule has 0 aliphatic carbocycles. The van der Waals surface area contributed by atoms with E-state index in [1.54, 1.807) is 36.5 Å². The van der Waals surface area contributed by atoms with Crippen molar-refractivity contribution in [2.75, 3.05) is 6.54 Å². The van der Waals surface area contributed by atoms with Crippen LogP contribution in [0.25, 0.3) is 28.2 Å². The highest BCUT2D eigenvalue weighted by atomic mass is 35.5. The number of H-pyrrole nitrogens is 1. The maximum absolute atomic E-state index is 15.1. The van der Waals surface area contributed by atoms with Crippen LogP contribution in [0.3, 0.4) is 0 Å². The molecule has 0 fully saturated rings. The minimum atomic E-state index is -0.542. The lowest BCUT2D eigenvalue weighted by Gasteiger charge is -2.27. The van der Waals surface area contributed by atoms with Crippen LogP contribution in [0.4, 0.5) is 4.39 Å². The first-order chi connectivity index (χ1) is 16.0. The van der Waals surface area contributed by atoms with Gasteiger partial charge in [0, 0.05) is 31.3 Å². The average molecular weight is 462 g/mol. The minimum Gasteiger partial charge on any atom is -0.455 e. The molecule has 33 heavy (non-hydrogen) atoms. The molecule has 0 bridgehead atoms. The number of amides is 1. The number of ether oxygens (including phenoxy) is 1. The summed E-state index contributed by atoms with van der Waals surface area (Å²) in [5, 5.41) is 0.319. The van der Waals surface area contributed by atoms with Crippen LogP contribution in [0.5, 0.6) is 11.5 Å². The maximum atomic E-state index is 15.1. The summed E-state index contributed by atoms with van der Waals surface area (Å²) in [5.41, 5.74) is 2.42. The molecule has 1 amide bonds. The van der Waals surface area contributed by atoms with Crippen molar-refractivity contribution in [2.45, 2.75) is 6.92 Å². The number of hydrogen-bond acceptors (Lipinski definition) is 5. The lowest BCUT2D eigenvalue weighted by Crippen LogP contribution is -2.29. The molecule has 0 radical (unpaired) electrons. The third-order valence-electron chi connectivity index (χ3n) is 5.10. The number of allylic oxidation sites excluding steroid dienone is 2. The Morgan fingerprint density at radius 3 is 2.82 bits per heavy atom. The van der Waals surface area contributed by atoms with Gasteiger partial charge >= 0.3 is 0 Å². The van der Waals surface area contributed by atoms with Crippen LogP contribution in [-0.4, -0.2) is 37.3 Å². The topological polar surface area (TPSA) is 84.0 Å². The highest BCUT2D eigenvalue weighted by Gasteiger charge is 2.26. The number of carbonyl (C=O) groups is 1. The number of carbonyl (C=O) groups excluding carboxylic acids is 1. The van der Waals surface area contributed by atoms with Gasteiger partial charge in [0.2, 0.25) is 5.91 Å². The standard InChI is InChI=1S/C24H17ClFN5O2/c1-14(32)31-10-4-5-17(26)23(31)16-11-19-20(30-24(29-19)18-6-2-3-9-27-18)12-21(16)33-15-7-8-22(25)28-13-15/h2-9,11-13H,10H2,1H3,(H,29,30). The molecule has 4 aromatic rings. The SMILES string of the molecule is CC(=O)N1CC=CC(F)=C1c1cc2[nH]c(-c3ccccn3)nc2cc1Oc1ccc(Cl)nc1. The number of aromatic amines is 1. The number of fused-ring (bicyclic) bond motifs is 1. The Morgan fingerprint density at radius 1 is 1.21 bits per heavy atom. The average Bonchev–Trinajstić information content (AvgIpc) is 3.23. The molecule has 1 aliphatic heterocycles. The van der Waals surface area contributed by atoms with E-state index < -0.39 is 5.83 Å². The van der Waals surface area contributed by atoms with Gasteiger partial charge in [-0.3, -0.25) is 9.78 Å². The monoisotopic (exact) mass is 461 g/mol. The Labute approximate surface area is 193 Å². The lowest BCUT2D eigenvalue weighted by molar-refractivity contribution is -0.125. The number of benzene rings is 1. The maximum Gasteiger partial charge on any atom is 0.224 e. The molecular formula is C24H17ClFN5O2. The van der Waals surface area contributed by atoms with Gasteiger partial charge in [-0.25, -0.2) is 14.4 Å². The highest BCUT2D eigenvalue weighted by molar-refractivity contribution is 6.29. The summed E-state index contributed by atoms with van der Waals surface area (Å²) in [4.78, 5) is 29.8. The molecule has 1 aliphatic rings. The molecule has 1 aromatic carbocycles. The Balaban J connectivity index is 1.70. The molecule has 9 heteroatoms. The zero-order valence-corrected chi connectivity index (χ0v) is 18.2. The van der Waals surface area contributed by atoms with E-state index in [9.17, 15) is 4.79 Å². The van der Waals surface area contributed by atoms with Crippen molar-refractivity contribution in [3.63, 3.8) is 0 Å². The van der Waals surface area contributed by atoms with Gasteiger partial charge in [-0.05, 0) is 36.4 Å². The number of imidazole rings is 1. The Bertz CT molecular complexity index is 1410. The van der Waals surface area contributed by atoms with Crippen LogP contribution < -0.4 is 4.74 Å². The fourth-order valence-electron chi connectivity index (χ4n) is 3.60. The van der Waals surface area contributed by atoms with E-state index in [0.29, 0.717) is 44.8 Å². The molecule has 1 N–H and O–H groups in total. The number of rotatable bonds is 4. The minimum absolute atomic E-state index is 0.123. The third kappa shape index (κ3) is 4.08. The zero-order chi connectivity index (χ0) is 22.9. The van der Waals surface area contributed by atoms with Crippen molar-refractivity contribution in [3.8, 4) is 23.0 Å². The van der Waals surface area contributed by atoms with Crippen molar-refractivity contribution in [3.05, 3.63) is 83.6 Å².